The van der Waals surface area contributed by atoms with Gasteiger partial charge in [0.15, 0.2) is 6.61 Å². The summed E-state index contributed by atoms with van der Waals surface area (Å²) in [6, 6.07) is 18.2. The Morgan fingerprint density at radius 1 is 1.15 bits per heavy atom. The molecule has 0 aliphatic heterocycles. The number of nitrogens with zero attached hydrogens (tertiary/aromatic N) is 1. The highest BCUT2D eigenvalue weighted by atomic mass is 32.1. The molecule has 1 heterocycles. The number of ether oxygens (including phenoxy) is 1. The molecule has 3 aromatic rings. The number of nitriles is 1. The van der Waals surface area contributed by atoms with Gasteiger partial charge >= 0.3 is 0 Å². The molecule has 1 atom stereocenters. The molecule has 0 radical (unpaired) electrons. The molecule has 130 valence electrons. The van der Waals surface area contributed by atoms with Crippen molar-refractivity contribution in [3.63, 3.8) is 0 Å². The molecule has 3 rings (SSSR count). The van der Waals surface area contributed by atoms with E-state index in [0.29, 0.717) is 11.3 Å². The number of halogens is 1. The number of thiophene rings is 1. The highest BCUT2D eigenvalue weighted by Crippen LogP contribution is 2.26. The average Bonchev–Trinajstić information content (AvgIpc) is 3.20. The summed E-state index contributed by atoms with van der Waals surface area (Å²) >= 11 is 1.50. The van der Waals surface area contributed by atoms with Crippen LogP contribution in [-0.2, 0) is 4.79 Å². The lowest BCUT2D eigenvalue weighted by Gasteiger charge is -2.18. The van der Waals surface area contributed by atoms with Crippen molar-refractivity contribution in [1.82, 2.24) is 5.32 Å². The number of carbonyl (C=O) groups excluding carboxylic acids is 1. The molecule has 2 aromatic carbocycles. The third kappa shape index (κ3) is 4.26. The van der Waals surface area contributed by atoms with Crippen LogP contribution in [0.4, 0.5) is 4.39 Å². The molecule has 6 heteroatoms. The zero-order chi connectivity index (χ0) is 18.4. The number of amides is 1. The second-order valence-corrected chi connectivity index (χ2v) is 6.44. The van der Waals surface area contributed by atoms with E-state index in [9.17, 15) is 9.18 Å². The zero-order valence-corrected chi connectivity index (χ0v) is 14.5. The van der Waals surface area contributed by atoms with E-state index < -0.39 is 6.04 Å². The minimum Gasteiger partial charge on any atom is -0.482 e. The van der Waals surface area contributed by atoms with E-state index >= 15 is 0 Å². The van der Waals surface area contributed by atoms with Crippen molar-refractivity contribution >= 4 is 17.2 Å². The second-order valence-electron chi connectivity index (χ2n) is 5.46. The van der Waals surface area contributed by atoms with Gasteiger partial charge in [0.2, 0.25) is 0 Å². The van der Waals surface area contributed by atoms with Gasteiger partial charge in [-0.3, -0.25) is 4.79 Å². The fourth-order valence-electron chi connectivity index (χ4n) is 2.46. The van der Waals surface area contributed by atoms with E-state index in [0.717, 1.165) is 10.4 Å². The molecule has 0 spiro atoms. The zero-order valence-electron chi connectivity index (χ0n) is 13.7. The highest BCUT2D eigenvalue weighted by Gasteiger charge is 2.18. The molecule has 0 unspecified atom stereocenters. The van der Waals surface area contributed by atoms with Gasteiger partial charge in [0.25, 0.3) is 5.91 Å². The number of hydrogen-bond donors (Lipinski definition) is 1. The quantitative estimate of drug-likeness (QED) is 0.716. The number of nitrogens with one attached hydrogen (secondary N) is 1. The largest absolute Gasteiger partial charge is 0.482 e. The standard InChI is InChI=1S/C20H15FN2O2S/c21-16-9-7-14(8-10-16)20(18-6-3-11-26-18)23-19(24)13-25-17-5-2-1-4-15(17)12-22/h1-11,20H,13H2,(H,23,24)/t20-/m0/s1. The third-order valence-corrected chi connectivity index (χ3v) is 4.64. The first-order chi connectivity index (χ1) is 12.7. The molecule has 0 saturated heterocycles. The van der Waals surface area contributed by atoms with Gasteiger partial charge in [0.1, 0.15) is 17.6 Å². The predicted molar refractivity (Wildman–Crippen MR) is 97.4 cm³/mol. The fourth-order valence-corrected chi connectivity index (χ4v) is 3.26. The van der Waals surface area contributed by atoms with Gasteiger partial charge in [0.05, 0.1) is 11.6 Å². The molecule has 0 aliphatic carbocycles. The Morgan fingerprint density at radius 3 is 2.62 bits per heavy atom. The van der Waals surface area contributed by atoms with Crippen LogP contribution in [0.3, 0.4) is 0 Å². The van der Waals surface area contributed by atoms with Crippen LogP contribution >= 0.6 is 11.3 Å². The van der Waals surface area contributed by atoms with Gasteiger partial charge in [0, 0.05) is 4.88 Å². The van der Waals surface area contributed by atoms with Crippen LogP contribution in [0.1, 0.15) is 22.0 Å². The maximum atomic E-state index is 13.2. The van der Waals surface area contributed by atoms with Crippen LogP contribution in [0.25, 0.3) is 0 Å². The molecule has 0 saturated carbocycles. The summed E-state index contributed by atoms with van der Waals surface area (Å²) in [6.45, 7) is -0.220. The molecule has 1 amide bonds. The molecule has 1 aromatic heterocycles. The monoisotopic (exact) mass is 366 g/mol. The van der Waals surface area contributed by atoms with Crippen molar-refractivity contribution in [2.24, 2.45) is 0 Å². The minimum atomic E-state index is -0.391. The van der Waals surface area contributed by atoms with Crippen molar-refractivity contribution in [1.29, 1.82) is 5.26 Å². The van der Waals surface area contributed by atoms with Gasteiger partial charge < -0.3 is 10.1 Å². The third-order valence-electron chi connectivity index (χ3n) is 3.70. The van der Waals surface area contributed by atoms with Gasteiger partial charge in [-0.05, 0) is 41.3 Å². The van der Waals surface area contributed by atoms with Crippen molar-refractivity contribution in [2.75, 3.05) is 6.61 Å². The Morgan fingerprint density at radius 2 is 1.92 bits per heavy atom. The van der Waals surface area contributed by atoms with E-state index in [4.69, 9.17) is 10.00 Å². The molecule has 0 bridgehead atoms. The van der Waals surface area contributed by atoms with Crippen LogP contribution in [0, 0.1) is 17.1 Å². The van der Waals surface area contributed by atoms with E-state index in [1.54, 1.807) is 36.4 Å². The SMILES string of the molecule is N#Cc1ccccc1OCC(=O)N[C@@H](c1ccc(F)cc1)c1cccs1. The van der Waals surface area contributed by atoms with Gasteiger partial charge in [-0.15, -0.1) is 11.3 Å². The topological polar surface area (TPSA) is 62.1 Å². The summed E-state index contributed by atoms with van der Waals surface area (Å²) in [5.41, 5.74) is 1.15. The lowest BCUT2D eigenvalue weighted by molar-refractivity contribution is -0.123. The fraction of sp³-hybridized carbons (Fsp3) is 0.100. The van der Waals surface area contributed by atoms with E-state index in [1.807, 2.05) is 23.6 Å². The number of carbonyl (C=O) groups is 1. The molecule has 0 fully saturated rings. The number of rotatable bonds is 6. The lowest BCUT2D eigenvalue weighted by atomic mass is 10.1. The Kier molecular flexibility index (Phi) is 5.62. The van der Waals surface area contributed by atoms with Crippen LogP contribution in [-0.4, -0.2) is 12.5 Å². The van der Waals surface area contributed by atoms with Gasteiger partial charge in [-0.25, -0.2) is 4.39 Å². The summed E-state index contributed by atoms with van der Waals surface area (Å²) in [5.74, 6) is -0.304. The molecular weight excluding hydrogens is 351 g/mol. The first kappa shape index (κ1) is 17.6. The molecule has 4 nitrogen and oxygen atoms in total. The van der Waals surface area contributed by atoms with Crippen LogP contribution in [0.5, 0.6) is 5.75 Å². The summed E-state index contributed by atoms with van der Waals surface area (Å²) in [7, 11) is 0. The maximum Gasteiger partial charge on any atom is 0.258 e. The maximum absolute atomic E-state index is 13.2. The van der Waals surface area contributed by atoms with Crippen molar-refractivity contribution < 1.29 is 13.9 Å². The van der Waals surface area contributed by atoms with Gasteiger partial charge in [-0.2, -0.15) is 5.26 Å². The van der Waals surface area contributed by atoms with Crippen molar-refractivity contribution in [2.45, 2.75) is 6.04 Å². The van der Waals surface area contributed by atoms with Gasteiger partial charge in [-0.1, -0.05) is 30.3 Å². The Labute approximate surface area is 154 Å². The summed E-state index contributed by atoms with van der Waals surface area (Å²) in [4.78, 5) is 13.3. The molecule has 0 aliphatic rings. The highest BCUT2D eigenvalue weighted by molar-refractivity contribution is 7.10. The average molecular weight is 366 g/mol. The normalized spacial score (nSPS) is 11.4. The summed E-state index contributed by atoms with van der Waals surface area (Å²) in [6.07, 6.45) is 0. The van der Waals surface area contributed by atoms with Crippen LogP contribution in [0.2, 0.25) is 0 Å². The van der Waals surface area contributed by atoms with Crippen molar-refractivity contribution in [3.05, 3.63) is 87.9 Å². The molecule has 26 heavy (non-hydrogen) atoms. The van der Waals surface area contributed by atoms with E-state index in [1.165, 1.54) is 23.5 Å². The number of para-hydroxylation sites is 1. The second kappa shape index (κ2) is 8.28. The number of benzene rings is 2. The summed E-state index contributed by atoms with van der Waals surface area (Å²) < 4.78 is 18.7. The van der Waals surface area contributed by atoms with E-state index in [-0.39, 0.29) is 18.3 Å². The van der Waals surface area contributed by atoms with Crippen LogP contribution in [0.15, 0.2) is 66.0 Å². The number of hydrogen-bond acceptors (Lipinski definition) is 4. The first-order valence-corrected chi connectivity index (χ1v) is 8.75. The Hall–Kier alpha value is -3.17. The Bertz CT molecular complexity index is 918. The Balaban J connectivity index is 1.72. The summed E-state index contributed by atoms with van der Waals surface area (Å²) in [5, 5.41) is 13.9. The molecular formula is C20H15FN2O2S. The first-order valence-electron chi connectivity index (χ1n) is 7.87. The van der Waals surface area contributed by atoms with Crippen LogP contribution < -0.4 is 10.1 Å². The van der Waals surface area contributed by atoms with Crippen molar-refractivity contribution in [3.8, 4) is 11.8 Å². The molecule has 1 N–H and O–H groups in total. The predicted octanol–water partition coefficient (Wildman–Crippen LogP) is 4.04. The lowest BCUT2D eigenvalue weighted by Crippen LogP contribution is -2.33. The minimum absolute atomic E-state index is 0.220. The smallest absolute Gasteiger partial charge is 0.258 e. The van der Waals surface area contributed by atoms with E-state index in [2.05, 4.69) is 5.32 Å².